The molecule has 0 radical (unpaired) electrons. The molecule has 0 unspecified atom stereocenters. The summed E-state index contributed by atoms with van der Waals surface area (Å²) >= 11 is 0. The van der Waals surface area contributed by atoms with Crippen LogP contribution < -0.4 is 0 Å². The van der Waals surface area contributed by atoms with Crippen LogP contribution in [0.25, 0.3) is 55.7 Å². The number of benzene rings is 2. The number of imidazole rings is 1. The normalized spacial score (nSPS) is 11.6. The molecule has 6 heteroatoms. The highest BCUT2D eigenvalue weighted by atomic mass is 16.3. The predicted molar refractivity (Wildman–Crippen MR) is 111 cm³/mol. The number of aromatic amines is 1. The molecule has 138 valence electrons. The Labute approximate surface area is 164 Å². The number of hydrogen-bond donors (Lipinski definition) is 2. The van der Waals surface area contributed by atoms with Gasteiger partial charge in [0.15, 0.2) is 11.6 Å². The minimum atomic E-state index is 0.221. The first-order chi connectivity index (χ1) is 14.3. The minimum Gasteiger partial charge on any atom is -0.508 e. The molecule has 0 bridgehead atoms. The average Bonchev–Trinajstić information content (AvgIpc) is 3.42. The fraction of sp³-hybridized carbons (Fsp3) is 0. The lowest BCUT2D eigenvalue weighted by Gasteiger charge is -2.03. The van der Waals surface area contributed by atoms with Gasteiger partial charge in [0.05, 0.1) is 22.1 Å². The SMILES string of the molecule is Oc1ccc(-c2ccc(-c3nc4c5cccnc5c5ncccc5c4[nH]3)o2)cc1. The second-order valence-corrected chi connectivity index (χ2v) is 6.82. The van der Waals surface area contributed by atoms with E-state index in [9.17, 15) is 5.11 Å². The van der Waals surface area contributed by atoms with Crippen LogP contribution in [0.4, 0.5) is 0 Å². The largest absolute Gasteiger partial charge is 0.508 e. The molecule has 0 amide bonds. The molecular weight excluding hydrogens is 364 g/mol. The van der Waals surface area contributed by atoms with E-state index in [2.05, 4.69) is 15.0 Å². The summed E-state index contributed by atoms with van der Waals surface area (Å²) in [4.78, 5) is 17.3. The number of aromatic nitrogens is 4. The predicted octanol–water partition coefficient (Wildman–Crippen LogP) is 5.29. The fourth-order valence-corrected chi connectivity index (χ4v) is 3.71. The number of rotatable bonds is 2. The molecule has 2 N–H and O–H groups in total. The van der Waals surface area contributed by atoms with Crippen molar-refractivity contribution in [1.82, 2.24) is 19.9 Å². The van der Waals surface area contributed by atoms with Gasteiger partial charge in [0.25, 0.3) is 0 Å². The highest BCUT2D eigenvalue weighted by Gasteiger charge is 2.17. The highest BCUT2D eigenvalue weighted by molar-refractivity contribution is 6.20. The van der Waals surface area contributed by atoms with Crippen molar-refractivity contribution < 1.29 is 9.52 Å². The Kier molecular flexibility index (Phi) is 3.22. The summed E-state index contributed by atoms with van der Waals surface area (Å²) in [5, 5.41) is 11.4. The third-order valence-electron chi connectivity index (χ3n) is 5.06. The molecule has 0 fully saturated rings. The van der Waals surface area contributed by atoms with Crippen LogP contribution in [0, 0.1) is 0 Å². The molecule has 4 heterocycles. The Bertz CT molecular complexity index is 1440. The molecule has 0 aliphatic heterocycles. The van der Waals surface area contributed by atoms with Gasteiger partial charge in [-0.3, -0.25) is 9.97 Å². The molecule has 6 aromatic rings. The number of pyridine rings is 2. The number of fused-ring (bicyclic) bond motifs is 6. The molecule has 0 saturated carbocycles. The Morgan fingerprint density at radius 3 is 2.21 bits per heavy atom. The number of H-pyrrole nitrogens is 1. The minimum absolute atomic E-state index is 0.221. The highest BCUT2D eigenvalue weighted by Crippen LogP contribution is 2.34. The van der Waals surface area contributed by atoms with E-state index in [0.717, 1.165) is 38.4 Å². The van der Waals surface area contributed by atoms with Gasteiger partial charge in [-0.15, -0.1) is 0 Å². The van der Waals surface area contributed by atoms with E-state index in [1.807, 2.05) is 48.5 Å². The Balaban J connectivity index is 1.58. The van der Waals surface area contributed by atoms with Crippen molar-refractivity contribution in [2.24, 2.45) is 0 Å². The second kappa shape index (κ2) is 5.90. The van der Waals surface area contributed by atoms with Crippen molar-refractivity contribution in [2.45, 2.75) is 0 Å². The quantitative estimate of drug-likeness (QED) is 0.400. The zero-order chi connectivity index (χ0) is 19.4. The number of aromatic hydroxyl groups is 1. The number of phenolic OH excluding ortho intramolecular Hbond substituents is 1. The van der Waals surface area contributed by atoms with Crippen molar-refractivity contribution in [3.63, 3.8) is 0 Å². The number of hydrogen-bond acceptors (Lipinski definition) is 5. The summed E-state index contributed by atoms with van der Waals surface area (Å²) in [6.45, 7) is 0. The topological polar surface area (TPSA) is 87.8 Å². The molecule has 0 saturated heterocycles. The maximum Gasteiger partial charge on any atom is 0.174 e. The van der Waals surface area contributed by atoms with Crippen LogP contribution in [0.2, 0.25) is 0 Å². The van der Waals surface area contributed by atoms with Gasteiger partial charge in [0.1, 0.15) is 11.5 Å². The molecule has 4 aromatic heterocycles. The first kappa shape index (κ1) is 15.8. The van der Waals surface area contributed by atoms with E-state index in [1.54, 1.807) is 24.5 Å². The van der Waals surface area contributed by atoms with Crippen molar-refractivity contribution in [1.29, 1.82) is 0 Å². The molecule has 0 atom stereocenters. The Hall–Kier alpha value is -4.19. The summed E-state index contributed by atoms with van der Waals surface area (Å²) in [5.41, 5.74) is 4.31. The lowest BCUT2D eigenvalue weighted by molar-refractivity contribution is 0.475. The number of nitrogens with zero attached hydrogens (tertiary/aromatic N) is 3. The van der Waals surface area contributed by atoms with Crippen molar-refractivity contribution in [2.75, 3.05) is 0 Å². The lowest BCUT2D eigenvalue weighted by atomic mass is 10.1. The lowest BCUT2D eigenvalue weighted by Crippen LogP contribution is -1.86. The average molecular weight is 378 g/mol. The van der Waals surface area contributed by atoms with Gasteiger partial charge in [-0.25, -0.2) is 4.98 Å². The summed E-state index contributed by atoms with van der Waals surface area (Å²) in [6.07, 6.45) is 3.54. The zero-order valence-corrected chi connectivity index (χ0v) is 15.1. The van der Waals surface area contributed by atoms with Crippen LogP contribution in [0.5, 0.6) is 5.75 Å². The Morgan fingerprint density at radius 1 is 0.724 bits per heavy atom. The molecule has 6 rings (SSSR count). The number of nitrogens with one attached hydrogen (secondary N) is 1. The van der Waals surface area contributed by atoms with Crippen LogP contribution >= 0.6 is 0 Å². The number of furan rings is 1. The van der Waals surface area contributed by atoms with E-state index in [4.69, 9.17) is 9.40 Å². The first-order valence-electron chi connectivity index (χ1n) is 9.19. The number of phenols is 1. The van der Waals surface area contributed by atoms with E-state index >= 15 is 0 Å². The van der Waals surface area contributed by atoms with Gasteiger partial charge < -0.3 is 14.5 Å². The third-order valence-corrected chi connectivity index (χ3v) is 5.06. The van der Waals surface area contributed by atoms with E-state index < -0.39 is 0 Å². The monoisotopic (exact) mass is 378 g/mol. The van der Waals surface area contributed by atoms with E-state index in [0.29, 0.717) is 17.3 Å². The van der Waals surface area contributed by atoms with E-state index in [-0.39, 0.29) is 5.75 Å². The fourth-order valence-electron chi connectivity index (χ4n) is 3.71. The van der Waals surface area contributed by atoms with Crippen LogP contribution in [-0.4, -0.2) is 25.0 Å². The molecular formula is C23H14N4O2. The van der Waals surface area contributed by atoms with Gasteiger partial charge in [-0.1, -0.05) is 0 Å². The molecule has 0 aliphatic rings. The molecule has 29 heavy (non-hydrogen) atoms. The van der Waals surface area contributed by atoms with E-state index in [1.165, 1.54) is 0 Å². The van der Waals surface area contributed by atoms with Crippen molar-refractivity contribution in [3.8, 4) is 28.7 Å². The smallest absolute Gasteiger partial charge is 0.174 e. The van der Waals surface area contributed by atoms with Crippen LogP contribution in [-0.2, 0) is 0 Å². The van der Waals surface area contributed by atoms with Gasteiger partial charge in [-0.05, 0) is 60.7 Å². The summed E-state index contributed by atoms with van der Waals surface area (Å²) in [6, 6.07) is 18.5. The van der Waals surface area contributed by atoms with Gasteiger partial charge in [0, 0.05) is 28.7 Å². The molecule has 0 aliphatic carbocycles. The standard InChI is InChI=1S/C23H14N4O2/c28-14-7-5-13(6-8-14)17-9-10-18(29-17)23-26-21-15-3-1-11-24-19(15)20-16(22(21)27-23)4-2-12-25-20/h1-12,28H,(H,26,27). The summed E-state index contributed by atoms with van der Waals surface area (Å²) in [5.74, 6) is 2.21. The van der Waals surface area contributed by atoms with Crippen LogP contribution in [0.3, 0.4) is 0 Å². The van der Waals surface area contributed by atoms with Crippen LogP contribution in [0.15, 0.2) is 77.5 Å². The Morgan fingerprint density at radius 2 is 1.41 bits per heavy atom. The molecule has 0 spiro atoms. The van der Waals surface area contributed by atoms with Gasteiger partial charge in [-0.2, -0.15) is 0 Å². The maximum atomic E-state index is 9.48. The summed E-state index contributed by atoms with van der Waals surface area (Å²) in [7, 11) is 0. The zero-order valence-electron chi connectivity index (χ0n) is 15.1. The van der Waals surface area contributed by atoms with Crippen molar-refractivity contribution >= 4 is 32.8 Å². The second-order valence-electron chi connectivity index (χ2n) is 6.82. The first-order valence-corrected chi connectivity index (χ1v) is 9.19. The molecule has 6 nitrogen and oxygen atoms in total. The van der Waals surface area contributed by atoms with Gasteiger partial charge >= 0.3 is 0 Å². The van der Waals surface area contributed by atoms with Crippen LogP contribution in [0.1, 0.15) is 0 Å². The van der Waals surface area contributed by atoms with Crippen molar-refractivity contribution in [3.05, 3.63) is 73.1 Å². The molecule has 2 aromatic carbocycles. The third kappa shape index (κ3) is 2.39. The summed E-state index contributed by atoms with van der Waals surface area (Å²) < 4.78 is 6.04. The van der Waals surface area contributed by atoms with Gasteiger partial charge in [0.2, 0.25) is 0 Å². The maximum absolute atomic E-state index is 9.48.